The first-order valence-corrected chi connectivity index (χ1v) is 14.3. The minimum atomic E-state index is -4.23. The second-order valence-electron chi connectivity index (χ2n) is 9.83. The molecule has 5 rings (SSSR count). The summed E-state index contributed by atoms with van der Waals surface area (Å²) in [5, 5.41) is 14.3. The Morgan fingerprint density at radius 3 is 2.53 bits per heavy atom. The predicted molar refractivity (Wildman–Crippen MR) is 135 cm³/mol. The van der Waals surface area contributed by atoms with Gasteiger partial charge in [-0.2, -0.15) is 5.09 Å². The lowest BCUT2D eigenvalue weighted by Gasteiger charge is -2.41. The Hall–Kier alpha value is -2.47. The minimum Gasteiger partial charge on any atom is -0.465 e. The molecule has 3 N–H and O–H groups in total. The highest BCUT2D eigenvalue weighted by atomic mass is 35.5. The second kappa shape index (κ2) is 10.3. The topological polar surface area (TPSA) is 158 Å². The Labute approximate surface area is 222 Å². The molecule has 0 bridgehead atoms. The molecule has 3 fully saturated rings. The number of benzene rings is 1. The third-order valence-corrected chi connectivity index (χ3v) is 9.23. The molecule has 14 heteroatoms. The average molecular weight is 570 g/mol. The summed E-state index contributed by atoms with van der Waals surface area (Å²) in [6.45, 7) is 1.47. The Morgan fingerprint density at radius 2 is 1.95 bits per heavy atom. The van der Waals surface area contributed by atoms with Gasteiger partial charge in [-0.05, 0) is 63.3 Å². The molecule has 2 aromatic rings. The van der Waals surface area contributed by atoms with E-state index >= 15 is 0 Å². The molecule has 1 spiro atoms. The molecule has 2 heterocycles. The SMILES string of the molecule is CCOC(=O)C1(NP(=O)(OCC2OC(n3ccc(=O)[nH]c3=O)C3(CC3)C2O)Oc2ccc(Cl)cc2)CCC1. The van der Waals surface area contributed by atoms with Gasteiger partial charge in [0.15, 0.2) is 0 Å². The zero-order chi connectivity index (χ0) is 27.1. The maximum Gasteiger partial charge on any atom is 0.459 e. The molecule has 1 saturated heterocycles. The fourth-order valence-corrected chi connectivity index (χ4v) is 6.84. The van der Waals surface area contributed by atoms with Crippen molar-refractivity contribution < 1.29 is 33.0 Å². The summed E-state index contributed by atoms with van der Waals surface area (Å²) in [6.07, 6.45) is 1.11. The lowest BCUT2D eigenvalue weighted by atomic mass is 9.78. The molecule has 0 radical (unpaired) electrons. The molecule has 1 aliphatic heterocycles. The summed E-state index contributed by atoms with van der Waals surface area (Å²) < 4.78 is 38.0. The number of aliphatic hydroxyl groups is 1. The quantitative estimate of drug-likeness (QED) is 0.287. The normalized spacial score (nSPS) is 26.3. The van der Waals surface area contributed by atoms with Crippen LogP contribution in [0.1, 0.15) is 45.3 Å². The van der Waals surface area contributed by atoms with Gasteiger partial charge >= 0.3 is 19.4 Å². The zero-order valence-corrected chi connectivity index (χ0v) is 22.3. The third-order valence-electron chi connectivity index (χ3n) is 7.34. The molecule has 0 amide bonds. The molecular weight excluding hydrogens is 541 g/mol. The summed E-state index contributed by atoms with van der Waals surface area (Å²) in [5.74, 6) is -0.367. The number of hydrogen-bond donors (Lipinski definition) is 3. The van der Waals surface area contributed by atoms with Crippen molar-refractivity contribution in [1.29, 1.82) is 0 Å². The summed E-state index contributed by atoms with van der Waals surface area (Å²) in [4.78, 5) is 38.8. The number of H-pyrrole nitrogens is 1. The monoisotopic (exact) mass is 569 g/mol. The molecule has 3 aliphatic rings. The fraction of sp³-hybridized carbons (Fsp3) is 0.542. The van der Waals surface area contributed by atoms with Gasteiger partial charge in [0.2, 0.25) is 0 Å². The van der Waals surface area contributed by atoms with Gasteiger partial charge in [0, 0.05) is 22.7 Å². The van der Waals surface area contributed by atoms with Crippen molar-refractivity contribution in [3.05, 3.63) is 62.4 Å². The molecule has 4 atom stereocenters. The molecule has 2 aliphatic carbocycles. The lowest BCUT2D eigenvalue weighted by molar-refractivity contribution is -0.154. The summed E-state index contributed by atoms with van der Waals surface area (Å²) in [6, 6.07) is 7.33. The first kappa shape index (κ1) is 27.1. The number of carbonyl (C=O) groups excluding carboxylic acids is 1. The Balaban J connectivity index is 1.37. The molecule has 1 aromatic carbocycles. The van der Waals surface area contributed by atoms with E-state index in [1.165, 1.54) is 29.0 Å². The first-order chi connectivity index (χ1) is 18.1. The van der Waals surface area contributed by atoms with Gasteiger partial charge in [0.25, 0.3) is 5.56 Å². The smallest absolute Gasteiger partial charge is 0.459 e. The zero-order valence-electron chi connectivity index (χ0n) is 20.6. The lowest BCUT2D eigenvalue weighted by Crippen LogP contribution is -2.57. The van der Waals surface area contributed by atoms with Crippen LogP contribution in [-0.2, 0) is 23.4 Å². The largest absolute Gasteiger partial charge is 0.465 e. The Kier molecular flexibility index (Phi) is 7.32. The van der Waals surface area contributed by atoms with Crippen LogP contribution < -0.4 is 20.9 Å². The molecule has 1 aromatic heterocycles. The number of esters is 1. The third kappa shape index (κ3) is 5.09. The molecule has 206 valence electrons. The number of carbonyl (C=O) groups is 1. The van der Waals surface area contributed by atoms with Gasteiger partial charge in [-0.25, -0.2) is 9.36 Å². The van der Waals surface area contributed by atoms with Gasteiger partial charge in [-0.3, -0.25) is 23.7 Å². The molecule has 38 heavy (non-hydrogen) atoms. The van der Waals surface area contributed by atoms with Crippen molar-refractivity contribution in [2.45, 2.75) is 63.0 Å². The van der Waals surface area contributed by atoms with Crippen LogP contribution in [0.25, 0.3) is 0 Å². The van der Waals surface area contributed by atoms with Crippen molar-refractivity contribution >= 4 is 25.3 Å². The van der Waals surface area contributed by atoms with E-state index in [4.69, 9.17) is 30.1 Å². The Morgan fingerprint density at radius 1 is 1.24 bits per heavy atom. The molecular formula is C24H29ClN3O9P. The van der Waals surface area contributed by atoms with Crippen LogP contribution in [0.2, 0.25) is 5.02 Å². The number of aliphatic hydroxyl groups excluding tert-OH is 1. The minimum absolute atomic E-state index is 0.154. The highest BCUT2D eigenvalue weighted by molar-refractivity contribution is 7.52. The average Bonchev–Trinajstić information content (AvgIpc) is 3.60. The van der Waals surface area contributed by atoms with Gasteiger partial charge in [-0.15, -0.1) is 0 Å². The van der Waals surface area contributed by atoms with Gasteiger partial charge < -0.3 is 19.1 Å². The van der Waals surface area contributed by atoms with E-state index in [-0.39, 0.29) is 19.0 Å². The van der Waals surface area contributed by atoms with E-state index in [0.29, 0.717) is 30.7 Å². The number of rotatable bonds is 10. The number of ether oxygens (including phenoxy) is 2. The Bertz CT molecular complexity index is 1350. The van der Waals surface area contributed by atoms with Crippen LogP contribution in [0.4, 0.5) is 0 Å². The van der Waals surface area contributed by atoms with Crippen LogP contribution in [0, 0.1) is 5.41 Å². The highest BCUT2D eigenvalue weighted by Gasteiger charge is 2.64. The summed E-state index contributed by atoms with van der Waals surface area (Å²) in [5.41, 5.74) is -3.20. The highest BCUT2D eigenvalue weighted by Crippen LogP contribution is 2.62. The van der Waals surface area contributed by atoms with Crippen molar-refractivity contribution in [2.24, 2.45) is 5.41 Å². The summed E-state index contributed by atoms with van der Waals surface area (Å²) in [7, 11) is -4.23. The number of nitrogens with one attached hydrogen (secondary N) is 2. The standard InChI is InChI=1S/C24H29ClN3O9P/c1-2-34-21(31)24(9-3-10-24)27-38(33,37-16-6-4-15(25)5-7-16)35-14-17-19(30)23(11-12-23)20(36-17)28-13-8-18(29)26-22(28)32/h4-8,13,17,19-20,30H,2-3,9-12,14H2,1H3,(H,27,33)(H,26,29,32). The summed E-state index contributed by atoms with van der Waals surface area (Å²) >= 11 is 5.96. The van der Waals surface area contributed by atoms with Crippen LogP contribution in [-0.4, -0.2) is 51.6 Å². The predicted octanol–water partition coefficient (Wildman–Crippen LogP) is 2.51. The number of nitrogens with zero attached hydrogens (tertiary/aromatic N) is 1. The van der Waals surface area contributed by atoms with Crippen molar-refractivity contribution in [3.8, 4) is 5.75 Å². The number of aromatic amines is 1. The van der Waals surface area contributed by atoms with E-state index in [1.54, 1.807) is 19.1 Å². The van der Waals surface area contributed by atoms with Gasteiger partial charge in [-0.1, -0.05) is 11.6 Å². The van der Waals surface area contributed by atoms with Crippen LogP contribution in [0.3, 0.4) is 0 Å². The number of halogens is 1. The van der Waals surface area contributed by atoms with Crippen molar-refractivity contribution in [1.82, 2.24) is 14.6 Å². The molecule has 4 unspecified atom stereocenters. The van der Waals surface area contributed by atoms with Gasteiger partial charge in [0.05, 0.1) is 19.3 Å². The van der Waals surface area contributed by atoms with Crippen LogP contribution in [0.15, 0.2) is 46.1 Å². The van der Waals surface area contributed by atoms with Crippen molar-refractivity contribution in [3.63, 3.8) is 0 Å². The number of hydrogen-bond acceptors (Lipinski definition) is 9. The van der Waals surface area contributed by atoms with Crippen molar-refractivity contribution in [2.75, 3.05) is 13.2 Å². The maximum atomic E-state index is 14.0. The molecule has 2 saturated carbocycles. The second-order valence-corrected chi connectivity index (χ2v) is 11.9. The van der Waals surface area contributed by atoms with E-state index in [2.05, 4.69) is 10.1 Å². The maximum absolute atomic E-state index is 14.0. The van der Waals surface area contributed by atoms with Gasteiger partial charge in [0.1, 0.15) is 23.6 Å². The van der Waals surface area contributed by atoms with Crippen LogP contribution in [0.5, 0.6) is 5.75 Å². The van der Waals surface area contributed by atoms with E-state index in [1.807, 2.05) is 0 Å². The van der Waals surface area contributed by atoms with E-state index < -0.39 is 54.4 Å². The van der Waals surface area contributed by atoms with E-state index in [0.717, 1.165) is 6.42 Å². The van der Waals surface area contributed by atoms with Crippen LogP contribution >= 0.6 is 19.3 Å². The fourth-order valence-electron chi connectivity index (χ4n) is 4.97. The van der Waals surface area contributed by atoms with E-state index in [9.17, 15) is 24.1 Å². The molecule has 12 nitrogen and oxygen atoms in total. The number of aromatic nitrogens is 2. The first-order valence-electron chi connectivity index (χ1n) is 12.4.